The maximum atomic E-state index is 9.03. The van der Waals surface area contributed by atoms with Gasteiger partial charge < -0.3 is 10.5 Å². The van der Waals surface area contributed by atoms with Gasteiger partial charge in [-0.15, -0.1) is 0 Å². The van der Waals surface area contributed by atoms with Crippen molar-refractivity contribution in [1.29, 1.82) is 5.26 Å². The molecule has 2 N–H and O–H groups in total. The third-order valence-electron chi connectivity index (χ3n) is 2.96. The van der Waals surface area contributed by atoms with E-state index in [0.717, 1.165) is 12.0 Å². The summed E-state index contributed by atoms with van der Waals surface area (Å²) in [6.07, 6.45) is 0.873. The van der Waals surface area contributed by atoms with E-state index < -0.39 is 0 Å². The third-order valence-corrected chi connectivity index (χ3v) is 2.96. The van der Waals surface area contributed by atoms with Gasteiger partial charge in [0.15, 0.2) is 0 Å². The first kappa shape index (κ1) is 13.1. The molecule has 19 heavy (non-hydrogen) atoms. The zero-order valence-electron chi connectivity index (χ0n) is 10.8. The minimum atomic E-state index is 0.00904. The van der Waals surface area contributed by atoms with Crippen molar-refractivity contribution >= 4 is 0 Å². The number of rotatable bonds is 4. The Morgan fingerprint density at radius 2 is 2.00 bits per heavy atom. The molecule has 0 radical (unpaired) electrons. The summed E-state index contributed by atoms with van der Waals surface area (Å²) in [5, 5.41) is 9.03. The average molecular weight is 252 g/mol. The molecule has 0 fully saturated rings. The van der Waals surface area contributed by atoms with Crippen LogP contribution in [-0.4, -0.2) is 0 Å². The molecule has 3 nitrogen and oxygen atoms in total. The van der Waals surface area contributed by atoms with E-state index in [1.54, 1.807) is 12.1 Å². The van der Waals surface area contributed by atoms with Crippen molar-refractivity contribution < 1.29 is 4.74 Å². The lowest BCUT2D eigenvalue weighted by Crippen LogP contribution is -2.08. The highest BCUT2D eigenvalue weighted by Crippen LogP contribution is 2.27. The maximum absolute atomic E-state index is 9.03. The summed E-state index contributed by atoms with van der Waals surface area (Å²) in [5.41, 5.74) is 7.56. The molecule has 0 amide bonds. The largest absolute Gasteiger partial charge is 0.456 e. The average Bonchev–Trinajstić information content (AvgIpc) is 2.47. The van der Waals surface area contributed by atoms with E-state index in [1.807, 2.05) is 43.3 Å². The molecule has 0 aliphatic heterocycles. The fourth-order valence-electron chi connectivity index (χ4n) is 1.82. The highest BCUT2D eigenvalue weighted by molar-refractivity contribution is 5.45. The van der Waals surface area contributed by atoms with E-state index in [2.05, 4.69) is 6.07 Å². The fourth-order valence-corrected chi connectivity index (χ4v) is 1.82. The summed E-state index contributed by atoms with van der Waals surface area (Å²) in [6, 6.07) is 17.0. The lowest BCUT2D eigenvalue weighted by Gasteiger charge is -2.12. The molecule has 0 aromatic heterocycles. The van der Waals surface area contributed by atoms with E-state index in [4.69, 9.17) is 15.7 Å². The lowest BCUT2D eigenvalue weighted by atomic mass is 10.1. The Morgan fingerprint density at radius 3 is 2.74 bits per heavy atom. The third kappa shape index (κ3) is 3.12. The number of hydrogen-bond donors (Lipinski definition) is 1. The van der Waals surface area contributed by atoms with Gasteiger partial charge in [0, 0.05) is 6.04 Å². The number of nitriles is 1. The normalized spacial score (nSPS) is 11.6. The van der Waals surface area contributed by atoms with Crippen molar-refractivity contribution in [2.45, 2.75) is 19.4 Å². The molecule has 1 atom stereocenters. The number of nitrogens with zero attached hydrogens (tertiary/aromatic N) is 1. The number of ether oxygens (including phenoxy) is 1. The first-order valence-electron chi connectivity index (χ1n) is 6.27. The molecule has 0 spiro atoms. The smallest absolute Gasteiger partial charge is 0.145 e. The minimum Gasteiger partial charge on any atom is -0.456 e. The van der Waals surface area contributed by atoms with Crippen molar-refractivity contribution in [3.8, 4) is 17.6 Å². The van der Waals surface area contributed by atoms with Crippen LogP contribution in [0.15, 0.2) is 48.5 Å². The summed E-state index contributed by atoms with van der Waals surface area (Å²) in [6.45, 7) is 2.04. The van der Waals surface area contributed by atoms with Gasteiger partial charge >= 0.3 is 0 Å². The van der Waals surface area contributed by atoms with Crippen molar-refractivity contribution in [1.82, 2.24) is 0 Å². The van der Waals surface area contributed by atoms with Crippen LogP contribution in [0.5, 0.6) is 11.5 Å². The van der Waals surface area contributed by atoms with Crippen molar-refractivity contribution in [2.24, 2.45) is 5.73 Å². The molecule has 1 unspecified atom stereocenters. The molecular formula is C16H16N2O. The van der Waals surface area contributed by atoms with Gasteiger partial charge in [0.1, 0.15) is 17.6 Å². The van der Waals surface area contributed by atoms with Crippen LogP contribution < -0.4 is 10.5 Å². The number of nitrogens with two attached hydrogens (primary N) is 1. The monoisotopic (exact) mass is 252 g/mol. The minimum absolute atomic E-state index is 0.00904. The molecule has 2 aromatic rings. The number of benzene rings is 2. The Labute approximate surface area is 113 Å². The van der Waals surface area contributed by atoms with E-state index in [1.165, 1.54) is 0 Å². The van der Waals surface area contributed by atoms with Crippen LogP contribution in [0.4, 0.5) is 0 Å². The zero-order valence-corrected chi connectivity index (χ0v) is 10.8. The summed E-state index contributed by atoms with van der Waals surface area (Å²) in [5.74, 6) is 1.26. The van der Waals surface area contributed by atoms with Crippen LogP contribution in [0.1, 0.15) is 30.5 Å². The van der Waals surface area contributed by atoms with Crippen LogP contribution >= 0.6 is 0 Å². The van der Waals surface area contributed by atoms with Gasteiger partial charge in [-0.05, 0) is 36.2 Å². The van der Waals surface area contributed by atoms with E-state index in [9.17, 15) is 0 Å². The Bertz CT molecular complexity index is 602. The second-order valence-electron chi connectivity index (χ2n) is 4.30. The van der Waals surface area contributed by atoms with Crippen LogP contribution in [0.2, 0.25) is 0 Å². The fraction of sp³-hybridized carbons (Fsp3) is 0.188. The summed E-state index contributed by atoms with van der Waals surface area (Å²) in [7, 11) is 0. The van der Waals surface area contributed by atoms with Crippen molar-refractivity contribution in [3.63, 3.8) is 0 Å². The first-order valence-corrected chi connectivity index (χ1v) is 6.27. The predicted molar refractivity (Wildman–Crippen MR) is 74.9 cm³/mol. The Morgan fingerprint density at radius 1 is 1.21 bits per heavy atom. The molecule has 2 rings (SSSR count). The molecular weight excluding hydrogens is 236 g/mol. The molecule has 0 bridgehead atoms. The predicted octanol–water partition coefficient (Wildman–Crippen LogP) is 3.76. The zero-order chi connectivity index (χ0) is 13.7. The van der Waals surface area contributed by atoms with Gasteiger partial charge in [-0.1, -0.05) is 31.2 Å². The Balaban J connectivity index is 2.26. The second kappa shape index (κ2) is 6.03. The highest BCUT2D eigenvalue weighted by Gasteiger charge is 2.07. The molecule has 3 heteroatoms. The summed E-state index contributed by atoms with van der Waals surface area (Å²) in [4.78, 5) is 0. The Kier molecular flexibility index (Phi) is 4.17. The number of hydrogen-bond acceptors (Lipinski definition) is 3. The van der Waals surface area contributed by atoms with Gasteiger partial charge in [-0.2, -0.15) is 5.26 Å². The molecule has 0 heterocycles. The van der Waals surface area contributed by atoms with E-state index >= 15 is 0 Å². The van der Waals surface area contributed by atoms with Crippen molar-refractivity contribution in [2.75, 3.05) is 0 Å². The van der Waals surface area contributed by atoms with Gasteiger partial charge in [-0.25, -0.2) is 0 Å². The van der Waals surface area contributed by atoms with Gasteiger partial charge in [0.2, 0.25) is 0 Å². The summed E-state index contributed by atoms with van der Waals surface area (Å²) < 4.78 is 5.76. The van der Waals surface area contributed by atoms with Gasteiger partial charge in [0.25, 0.3) is 0 Å². The van der Waals surface area contributed by atoms with Gasteiger partial charge in [-0.3, -0.25) is 0 Å². The maximum Gasteiger partial charge on any atom is 0.145 e. The highest BCUT2D eigenvalue weighted by atomic mass is 16.5. The molecule has 96 valence electrons. The standard InChI is InChI=1S/C16H16N2O/c1-2-15(18)12-7-5-8-14(10-12)19-16-9-4-3-6-13(16)11-17/h3-10,15H,2,18H2,1H3. The number of para-hydroxylation sites is 1. The van der Waals surface area contributed by atoms with Crippen molar-refractivity contribution in [3.05, 3.63) is 59.7 Å². The topological polar surface area (TPSA) is 59.0 Å². The molecule has 0 aliphatic carbocycles. The van der Waals surface area contributed by atoms with Crippen LogP contribution in [0.25, 0.3) is 0 Å². The van der Waals surface area contributed by atoms with Crippen LogP contribution in [-0.2, 0) is 0 Å². The van der Waals surface area contributed by atoms with Crippen LogP contribution in [0, 0.1) is 11.3 Å². The molecule has 0 saturated carbocycles. The quantitative estimate of drug-likeness (QED) is 0.901. The molecule has 0 aliphatic rings. The van der Waals surface area contributed by atoms with Gasteiger partial charge in [0.05, 0.1) is 5.56 Å². The lowest BCUT2D eigenvalue weighted by molar-refractivity contribution is 0.479. The first-order chi connectivity index (χ1) is 9.24. The van der Waals surface area contributed by atoms with E-state index in [-0.39, 0.29) is 6.04 Å². The Hall–Kier alpha value is -2.31. The van der Waals surface area contributed by atoms with Crippen LogP contribution in [0.3, 0.4) is 0 Å². The second-order valence-corrected chi connectivity index (χ2v) is 4.30. The molecule has 0 saturated heterocycles. The molecule has 2 aromatic carbocycles. The van der Waals surface area contributed by atoms with E-state index in [0.29, 0.717) is 17.1 Å². The SMILES string of the molecule is CCC(N)c1cccc(Oc2ccccc2C#N)c1. The summed E-state index contributed by atoms with van der Waals surface area (Å²) >= 11 is 0.